The number of hydrogen-bond donors (Lipinski definition) is 0. The van der Waals surface area contributed by atoms with Crippen molar-refractivity contribution in [3.63, 3.8) is 0 Å². The SMILES string of the molecule is C/C(C#Cc1ccccc1)=C(/C)P(=O)(c1ccccc1)c1ccccc1. The van der Waals surface area contributed by atoms with Crippen molar-refractivity contribution in [2.24, 2.45) is 0 Å². The fourth-order valence-corrected chi connectivity index (χ4v) is 5.61. The van der Waals surface area contributed by atoms with Crippen molar-refractivity contribution < 1.29 is 4.57 Å². The molecule has 0 aliphatic heterocycles. The van der Waals surface area contributed by atoms with Crippen LogP contribution in [0.3, 0.4) is 0 Å². The van der Waals surface area contributed by atoms with E-state index in [0.29, 0.717) is 0 Å². The van der Waals surface area contributed by atoms with Gasteiger partial charge in [-0.25, -0.2) is 0 Å². The highest BCUT2D eigenvalue weighted by Crippen LogP contribution is 2.52. The van der Waals surface area contributed by atoms with Crippen molar-refractivity contribution in [2.45, 2.75) is 13.8 Å². The van der Waals surface area contributed by atoms with Crippen LogP contribution in [0.4, 0.5) is 0 Å². The van der Waals surface area contributed by atoms with Crippen LogP contribution in [-0.4, -0.2) is 0 Å². The third kappa shape index (κ3) is 3.72. The zero-order chi connectivity index (χ0) is 18.4. The van der Waals surface area contributed by atoms with Crippen LogP contribution in [0.5, 0.6) is 0 Å². The van der Waals surface area contributed by atoms with Crippen LogP contribution in [0, 0.1) is 11.8 Å². The van der Waals surface area contributed by atoms with E-state index >= 15 is 0 Å². The first-order valence-electron chi connectivity index (χ1n) is 8.59. The molecule has 0 amide bonds. The van der Waals surface area contributed by atoms with E-state index in [-0.39, 0.29) is 0 Å². The van der Waals surface area contributed by atoms with Crippen LogP contribution < -0.4 is 10.6 Å². The monoisotopic (exact) mass is 356 g/mol. The molecule has 26 heavy (non-hydrogen) atoms. The van der Waals surface area contributed by atoms with Gasteiger partial charge < -0.3 is 4.57 Å². The molecule has 0 spiro atoms. The van der Waals surface area contributed by atoms with Gasteiger partial charge in [-0.05, 0) is 26.0 Å². The molecule has 0 fully saturated rings. The summed E-state index contributed by atoms with van der Waals surface area (Å²) in [4.78, 5) is 0. The van der Waals surface area contributed by atoms with Gasteiger partial charge in [0.15, 0.2) is 7.14 Å². The molecule has 3 rings (SSSR count). The Bertz CT molecular complexity index is 964. The molecule has 2 heteroatoms. The molecule has 3 aromatic carbocycles. The Balaban J connectivity index is 2.13. The summed E-state index contributed by atoms with van der Waals surface area (Å²) in [5, 5.41) is 2.51. The van der Waals surface area contributed by atoms with Crippen LogP contribution in [0.15, 0.2) is 102 Å². The smallest absolute Gasteiger partial charge is 0.167 e. The van der Waals surface area contributed by atoms with Gasteiger partial charge in [0.2, 0.25) is 0 Å². The van der Waals surface area contributed by atoms with Gasteiger partial charge in [0.05, 0.1) is 0 Å². The molecule has 0 saturated heterocycles. The van der Waals surface area contributed by atoms with Crippen molar-refractivity contribution in [3.05, 3.63) is 107 Å². The van der Waals surface area contributed by atoms with E-state index in [2.05, 4.69) is 11.8 Å². The molecule has 3 aromatic rings. The van der Waals surface area contributed by atoms with E-state index in [9.17, 15) is 4.57 Å². The molecular formula is C24H21OP. The molecule has 0 bridgehead atoms. The zero-order valence-electron chi connectivity index (χ0n) is 15.0. The summed E-state index contributed by atoms with van der Waals surface area (Å²) >= 11 is 0. The number of allylic oxidation sites excluding steroid dienone is 2. The second kappa shape index (κ2) is 8.05. The first-order valence-corrected chi connectivity index (χ1v) is 10.3. The summed E-state index contributed by atoms with van der Waals surface area (Å²) < 4.78 is 14.2. The fraction of sp³-hybridized carbons (Fsp3) is 0.0833. The highest BCUT2D eigenvalue weighted by Gasteiger charge is 2.30. The lowest BCUT2D eigenvalue weighted by molar-refractivity contribution is 0.590. The van der Waals surface area contributed by atoms with E-state index < -0.39 is 7.14 Å². The van der Waals surface area contributed by atoms with Gasteiger partial charge in [0.1, 0.15) is 0 Å². The Morgan fingerprint density at radius 2 is 1.12 bits per heavy atom. The molecule has 0 unspecified atom stereocenters. The lowest BCUT2D eigenvalue weighted by Crippen LogP contribution is -2.17. The number of benzene rings is 3. The third-order valence-electron chi connectivity index (χ3n) is 4.42. The van der Waals surface area contributed by atoms with Gasteiger partial charge in [-0.3, -0.25) is 0 Å². The molecule has 0 radical (unpaired) electrons. The summed E-state index contributed by atoms with van der Waals surface area (Å²) in [5.74, 6) is 6.37. The van der Waals surface area contributed by atoms with E-state index in [1.54, 1.807) is 0 Å². The maximum absolute atomic E-state index is 14.2. The maximum Gasteiger partial charge on any atom is 0.167 e. The first-order chi connectivity index (χ1) is 12.6. The minimum absolute atomic E-state index is 0.832. The highest BCUT2D eigenvalue weighted by atomic mass is 31.2. The fourth-order valence-electron chi connectivity index (χ4n) is 2.83. The summed E-state index contributed by atoms with van der Waals surface area (Å²) in [5.41, 5.74) is 1.80. The Hall–Kier alpha value is -2.81. The van der Waals surface area contributed by atoms with E-state index in [0.717, 1.165) is 27.1 Å². The van der Waals surface area contributed by atoms with Crippen molar-refractivity contribution >= 4 is 17.8 Å². The molecule has 0 atom stereocenters. The molecule has 0 aromatic heterocycles. The first kappa shape index (κ1) is 18.0. The zero-order valence-corrected chi connectivity index (χ0v) is 15.9. The van der Waals surface area contributed by atoms with E-state index in [1.165, 1.54) is 0 Å². The molecule has 0 N–H and O–H groups in total. The largest absolute Gasteiger partial charge is 0.309 e. The molecule has 0 saturated carbocycles. The molecule has 0 aliphatic carbocycles. The lowest BCUT2D eigenvalue weighted by atomic mass is 10.2. The Labute approximate surface area is 155 Å². The van der Waals surface area contributed by atoms with E-state index in [4.69, 9.17) is 0 Å². The van der Waals surface area contributed by atoms with Gasteiger partial charge in [-0.15, -0.1) is 0 Å². The summed E-state index contributed by atoms with van der Waals surface area (Å²) in [7, 11) is -2.92. The minimum atomic E-state index is -2.92. The van der Waals surface area contributed by atoms with Gasteiger partial charge >= 0.3 is 0 Å². The topological polar surface area (TPSA) is 17.1 Å². The molecule has 128 valence electrons. The number of rotatable bonds is 3. The number of hydrogen-bond acceptors (Lipinski definition) is 1. The normalized spacial score (nSPS) is 11.9. The predicted octanol–water partition coefficient (Wildman–Crippen LogP) is 5.35. The maximum atomic E-state index is 14.2. The van der Waals surface area contributed by atoms with Crippen molar-refractivity contribution in [2.75, 3.05) is 0 Å². The standard InChI is InChI=1S/C24H21OP/c1-20(18-19-22-12-6-3-7-13-22)21(2)26(25,23-14-8-4-9-15-23)24-16-10-5-11-17-24/h3-17H,1-2H3/b21-20+. The quantitative estimate of drug-likeness (QED) is 0.457. The Morgan fingerprint density at radius 3 is 1.58 bits per heavy atom. The van der Waals surface area contributed by atoms with E-state index in [1.807, 2.05) is 105 Å². The molecule has 1 nitrogen and oxygen atoms in total. The van der Waals surface area contributed by atoms with Crippen molar-refractivity contribution in [1.29, 1.82) is 0 Å². The van der Waals surface area contributed by atoms with Crippen LogP contribution >= 0.6 is 7.14 Å². The van der Waals surface area contributed by atoms with Crippen LogP contribution in [0.2, 0.25) is 0 Å². The average Bonchev–Trinajstić information content (AvgIpc) is 2.73. The predicted molar refractivity (Wildman–Crippen MR) is 111 cm³/mol. The van der Waals surface area contributed by atoms with Gasteiger partial charge in [0.25, 0.3) is 0 Å². The van der Waals surface area contributed by atoms with Crippen molar-refractivity contribution in [1.82, 2.24) is 0 Å². The van der Waals surface area contributed by atoms with Crippen molar-refractivity contribution in [3.8, 4) is 11.8 Å². The summed E-state index contributed by atoms with van der Waals surface area (Å²) in [6, 6.07) is 29.2. The highest BCUT2D eigenvalue weighted by molar-refractivity contribution is 7.82. The van der Waals surface area contributed by atoms with Gasteiger partial charge in [0, 0.05) is 27.1 Å². The average molecular weight is 356 g/mol. The summed E-state index contributed by atoms with van der Waals surface area (Å²) in [6.45, 7) is 3.89. The molecular weight excluding hydrogens is 335 g/mol. The summed E-state index contributed by atoms with van der Waals surface area (Å²) in [6.07, 6.45) is 0. The second-order valence-corrected chi connectivity index (χ2v) is 9.03. The Kier molecular flexibility index (Phi) is 5.57. The van der Waals surface area contributed by atoms with Gasteiger partial charge in [-0.1, -0.05) is 90.7 Å². The molecule has 0 heterocycles. The molecule has 0 aliphatic rings. The third-order valence-corrected chi connectivity index (χ3v) is 7.75. The van der Waals surface area contributed by atoms with Crippen LogP contribution in [-0.2, 0) is 4.57 Å². The second-order valence-electron chi connectivity index (χ2n) is 6.11. The lowest BCUT2D eigenvalue weighted by Gasteiger charge is -2.21. The van der Waals surface area contributed by atoms with Crippen LogP contribution in [0.25, 0.3) is 0 Å². The van der Waals surface area contributed by atoms with Crippen LogP contribution in [0.1, 0.15) is 19.4 Å². The Morgan fingerprint density at radius 1 is 0.692 bits per heavy atom. The van der Waals surface area contributed by atoms with Gasteiger partial charge in [-0.2, -0.15) is 0 Å². The minimum Gasteiger partial charge on any atom is -0.309 e.